The maximum absolute atomic E-state index is 12.2. The average Bonchev–Trinajstić information content (AvgIpc) is 3.24. The molecule has 0 spiro atoms. The molecule has 1 fully saturated rings. The first-order valence-electron chi connectivity index (χ1n) is 8.53. The van der Waals surface area contributed by atoms with Gasteiger partial charge >= 0.3 is 0 Å². The number of hydrazine groups is 1. The molecule has 1 aromatic carbocycles. The molecule has 2 heterocycles. The summed E-state index contributed by atoms with van der Waals surface area (Å²) in [6.07, 6.45) is 2.26. The number of furan rings is 1. The average molecular weight is 340 g/mol. The molecular formula is C19H24N4O2. The van der Waals surface area contributed by atoms with E-state index in [2.05, 4.69) is 47.4 Å². The molecular weight excluding hydrogens is 316 g/mol. The van der Waals surface area contributed by atoms with Gasteiger partial charge in [-0.05, 0) is 42.5 Å². The van der Waals surface area contributed by atoms with Crippen molar-refractivity contribution in [1.82, 2.24) is 16.3 Å². The SMILES string of the molecule is Cc1ccc(C2CC(C(=O)N/N=C/c3ccc(C(C)C)cc3)NN2)o1. The number of hydrazone groups is 1. The van der Waals surface area contributed by atoms with E-state index in [1.165, 1.54) is 5.56 Å². The Bertz CT molecular complexity index is 749. The van der Waals surface area contributed by atoms with Crippen molar-refractivity contribution >= 4 is 12.1 Å². The molecule has 2 aromatic rings. The van der Waals surface area contributed by atoms with Gasteiger partial charge in [0.15, 0.2) is 0 Å². The van der Waals surface area contributed by atoms with Crippen LogP contribution in [-0.4, -0.2) is 18.2 Å². The number of hydrogen-bond donors (Lipinski definition) is 3. The highest BCUT2D eigenvalue weighted by molar-refractivity contribution is 5.85. The van der Waals surface area contributed by atoms with E-state index in [1.54, 1.807) is 6.21 Å². The normalized spacial score (nSPS) is 20.5. The van der Waals surface area contributed by atoms with Crippen LogP contribution in [0.4, 0.5) is 0 Å². The Morgan fingerprint density at radius 1 is 1.24 bits per heavy atom. The fraction of sp³-hybridized carbons (Fsp3) is 0.368. The van der Waals surface area contributed by atoms with Gasteiger partial charge in [0.25, 0.3) is 5.91 Å². The second kappa shape index (κ2) is 7.63. The van der Waals surface area contributed by atoms with Crippen molar-refractivity contribution in [1.29, 1.82) is 0 Å². The van der Waals surface area contributed by atoms with E-state index in [0.717, 1.165) is 17.1 Å². The van der Waals surface area contributed by atoms with Crippen molar-refractivity contribution in [3.8, 4) is 0 Å². The largest absolute Gasteiger partial charge is 0.465 e. The van der Waals surface area contributed by atoms with Crippen LogP contribution in [0.5, 0.6) is 0 Å². The van der Waals surface area contributed by atoms with Gasteiger partial charge in [-0.1, -0.05) is 38.1 Å². The quantitative estimate of drug-likeness (QED) is 0.578. The van der Waals surface area contributed by atoms with Gasteiger partial charge in [0.2, 0.25) is 0 Å². The number of hydrogen-bond acceptors (Lipinski definition) is 5. The lowest BCUT2D eigenvalue weighted by molar-refractivity contribution is -0.122. The number of benzene rings is 1. The standard InChI is InChI=1S/C19H24N4O2/c1-12(2)15-7-5-14(6-8-15)11-20-23-19(24)17-10-16(21-22-17)18-9-4-13(3)25-18/h4-9,11-12,16-17,21-22H,10H2,1-3H3,(H,23,24)/b20-11+. The van der Waals surface area contributed by atoms with Crippen LogP contribution in [0.3, 0.4) is 0 Å². The maximum Gasteiger partial charge on any atom is 0.258 e. The lowest BCUT2D eigenvalue weighted by Crippen LogP contribution is -2.41. The molecule has 6 nitrogen and oxygen atoms in total. The number of nitrogens with zero attached hydrogens (tertiary/aromatic N) is 1. The Hall–Kier alpha value is -2.44. The van der Waals surface area contributed by atoms with E-state index in [1.807, 2.05) is 31.2 Å². The molecule has 132 valence electrons. The van der Waals surface area contributed by atoms with Gasteiger partial charge in [-0.15, -0.1) is 0 Å². The molecule has 0 radical (unpaired) electrons. The summed E-state index contributed by atoms with van der Waals surface area (Å²) in [6.45, 7) is 6.21. The van der Waals surface area contributed by atoms with E-state index in [-0.39, 0.29) is 18.0 Å². The third-order valence-corrected chi connectivity index (χ3v) is 4.32. The molecule has 0 aliphatic carbocycles. The topological polar surface area (TPSA) is 78.7 Å². The van der Waals surface area contributed by atoms with E-state index < -0.39 is 0 Å². The van der Waals surface area contributed by atoms with E-state index >= 15 is 0 Å². The fourth-order valence-electron chi connectivity index (χ4n) is 2.77. The monoisotopic (exact) mass is 340 g/mol. The second-order valence-electron chi connectivity index (χ2n) is 6.63. The summed E-state index contributed by atoms with van der Waals surface area (Å²) in [5.41, 5.74) is 10.9. The maximum atomic E-state index is 12.2. The summed E-state index contributed by atoms with van der Waals surface area (Å²) >= 11 is 0. The number of carbonyl (C=O) groups is 1. The number of aryl methyl sites for hydroxylation is 1. The number of amides is 1. The van der Waals surface area contributed by atoms with Gasteiger partial charge < -0.3 is 4.42 Å². The summed E-state index contributed by atoms with van der Waals surface area (Å²) in [4.78, 5) is 12.2. The zero-order valence-corrected chi connectivity index (χ0v) is 14.7. The van der Waals surface area contributed by atoms with E-state index in [9.17, 15) is 4.79 Å². The summed E-state index contributed by atoms with van der Waals surface area (Å²) in [7, 11) is 0. The van der Waals surface area contributed by atoms with Crippen LogP contribution in [0, 0.1) is 6.92 Å². The van der Waals surface area contributed by atoms with Crippen LogP contribution < -0.4 is 16.3 Å². The summed E-state index contributed by atoms with van der Waals surface area (Å²) in [5, 5.41) is 4.05. The summed E-state index contributed by atoms with van der Waals surface area (Å²) in [6, 6.07) is 11.6. The van der Waals surface area contributed by atoms with Crippen LogP contribution in [0.25, 0.3) is 0 Å². The molecule has 1 saturated heterocycles. The predicted molar refractivity (Wildman–Crippen MR) is 97.1 cm³/mol. The lowest BCUT2D eigenvalue weighted by atomic mass is 10.0. The first kappa shape index (κ1) is 17.4. The van der Waals surface area contributed by atoms with E-state index in [0.29, 0.717) is 12.3 Å². The van der Waals surface area contributed by atoms with Gasteiger partial charge in [0, 0.05) is 0 Å². The zero-order valence-electron chi connectivity index (χ0n) is 14.7. The van der Waals surface area contributed by atoms with Crippen molar-refractivity contribution in [2.24, 2.45) is 5.10 Å². The van der Waals surface area contributed by atoms with Crippen LogP contribution >= 0.6 is 0 Å². The molecule has 3 rings (SSSR count). The van der Waals surface area contributed by atoms with Gasteiger partial charge in [-0.25, -0.2) is 16.3 Å². The van der Waals surface area contributed by atoms with Gasteiger partial charge in [-0.2, -0.15) is 5.10 Å². The number of rotatable bonds is 5. The van der Waals surface area contributed by atoms with Crippen molar-refractivity contribution in [3.63, 3.8) is 0 Å². The smallest absolute Gasteiger partial charge is 0.258 e. The Balaban J connectivity index is 1.51. The highest BCUT2D eigenvalue weighted by atomic mass is 16.3. The molecule has 3 N–H and O–H groups in total. The molecule has 2 atom stereocenters. The minimum atomic E-state index is -0.351. The van der Waals surface area contributed by atoms with Crippen LogP contribution in [0.1, 0.15) is 54.9 Å². The van der Waals surface area contributed by atoms with Crippen LogP contribution in [0.2, 0.25) is 0 Å². The Labute approximate surface area is 147 Å². The Morgan fingerprint density at radius 2 is 2.00 bits per heavy atom. The first-order chi connectivity index (χ1) is 12.0. The summed E-state index contributed by atoms with van der Waals surface area (Å²) in [5.74, 6) is 2.01. The third kappa shape index (κ3) is 4.35. The number of carbonyl (C=O) groups excluding carboxylic acids is 1. The minimum Gasteiger partial charge on any atom is -0.465 e. The van der Waals surface area contributed by atoms with Crippen molar-refractivity contribution in [2.45, 2.75) is 45.2 Å². The number of nitrogens with one attached hydrogen (secondary N) is 3. The molecule has 0 saturated carbocycles. The Kier molecular flexibility index (Phi) is 5.31. The molecule has 6 heteroatoms. The second-order valence-corrected chi connectivity index (χ2v) is 6.63. The van der Waals surface area contributed by atoms with Crippen molar-refractivity contribution in [2.75, 3.05) is 0 Å². The molecule has 0 bridgehead atoms. The zero-order chi connectivity index (χ0) is 17.8. The minimum absolute atomic E-state index is 0.0167. The van der Waals surface area contributed by atoms with Crippen molar-refractivity contribution < 1.29 is 9.21 Å². The predicted octanol–water partition coefficient (Wildman–Crippen LogP) is 2.77. The summed E-state index contributed by atoms with van der Waals surface area (Å²) < 4.78 is 5.60. The Morgan fingerprint density at radius 3 is 2.64 bits per heavy atom. The molecule has 25 heavy (non-hydrogen) atoms. The molecule has 1 amide bonds. The van der Waals surface area contributed by atoms with E-state index in [4.69, 9.17) is 4.42 Å². The third-order valence-electron chi connectivity index (χ3n) is 4.32. The van der Waals surface area contributed by atoms with Crippen molar-refractivity contribution in [3.05, 3.63) is 59.0 Å². The molecule has 1 aromatic heterocycles. The van der Waals surface area contributed by atoms with Crippen LogP contribution in [0.15, 0.2) is 45.9 Å². The highest BCUT2D eigenvalue weighted by Gasteiger charge is 2.31. The first-order valence-corrected chi connectivity index (χ1v) is 8.53. The molecule has 1 aliphatic heterocycles. The van der Waals surface area contributed by atoms with Gasteiger partial charge in [-0.3, -0.25) is 4.79 Å². The highest BCUT2D eigenvalue weighted by Crippen LogP contribution is 2.23. The van der Waals surface area contributed by atoms with Gasteiger partial charge in [0.05, 0.1) is 12.3 Å². The van der Waals surface area contributed by atoms with Gasteiger partial charge in [0.1, 0.15) is 17.6 Å². The fourth-order valence-corrected chi connectivity index (χ4v) is 2.77. The molecule has 1 aliphatic rings. The molecule has 2 unspecified atom stereocenters. The lowest BCUT2D eigenvalue weighted by Gasteiger charge is -2.07. The van der Waals surface area contributed by atoms with Crippen LogP contribution in [-0.2, 0) is 4.79 Å².